The Morgan fingerprint density at radius 3 is 2.44 bits per heavy atom. The lowest BCUT2D eigenvalue weighted by Crippen LogP contribution is -2.35. The van der Waals surface area contributed by atoms with Crippen LogP contribution in [0.15, 0.2) is 30.6 Å². The van der Waals surface area contributed by atoms with Gasteiger partial charge in [-0.2, -0.15) is 0 Å². The molecule has 32 heavy (non-hydrogen) atoms. The monoisotopic (exact) mass is 476 g/mol. The van der Waals surface area contributed by atoms with Crippen molar-refractivity contribution in [3.8, 4) is 17.2 Å². The first-order valence-corrected chi connectivity index (χ1v) is 11.3. The summed E-state index contributed by atoms with van der Waals surface area (Å²) < 4.78 is 17.3. The molecule has 0 spiro atoms. The van der Waals surface area contributed by atoms with E-state index < -0.39 is 0 Å². The van der Waals surface area contributed by atoms with Crippen LogP contribution in [0.2, 0.25) is 10.0 Å². The molecule has 1 aromatic heterocycles. The number of hydrogen-bond donors (Lipinski definition) is 2. The van der Waals surface area contributed by atoms with Crippen molar-refractivity contribution in [3.05, 3.63) is 40.6 Å². The van der Waals surface area contributed by atoms with Gasteiger partial charge in [0.25, 0.3) is 0 Å². The Hall–Kier alpha value is -2.48. The normalized spacial score (nSPS) is 15.4. The number of nitrogens with one attached hydrogen (secondary N) is 2. The van der Waals surface area contributed by atoms with Crippen LogP contribution >= 0.6 is 23.2 Å². The van der Waals surface area contributed by atoms with Crippen molar-refractivity contribution in [1.82, 2.24) is 15.3 Å². The number of anilines is 2. The van der Waals surface area contributed by atoms with Crippen LogP contribution in [-0.4, -0.2) is 43.4 Å². The summed E-state index contributed by atoms with van der Waals surface area (Å²) in [4.78, 5) is 8.84. The number of fused-ring (bicyclic) bond motifs is 1. The third-order valence-electron chi connectivity index (χ3n) is 5.78. The van der Waals surface area contributed by atoms with Crippen LogP contribution in [0.5, 0.6) is 17.2 Å². The van der Waals surface area contributed by atoms with Crippen molar-refractivity contribution in [3.63, 3.8) is 0 Å². The second-order valence-electron chi connectivity index (χ2n) is 7.74. The minimum Gasteiger partial charge on any atom is -0.495 e. The molecule has 0 radical (unpaired) electrons. The highest BCUT2D eigenvalue weighted by molar-refractivity contribution is 6.37. The van der Waals surface area contributed by atoms with Crippen molar-refractivity contribution >= 4 is 45.6 Å². The fourth-order valence-corrected chi connectivity index (χ4v) is 4.44. The number of hydrogen-bond acceptors (Lipinski definition) is 7. The summed E-state index contributed by atoms with van der Waals surface area (Å²) in [5.74, 6) is 2.88. The van der Waals surface area contributed by atoms with Crippen molar-refractivity contribution < 1.29 is 14.2 Å². The van der Waals surface area contributed by atoms with Gasteiger partial charge in [-0.05, 0) is 50.9 Å². The first-order valence-electron chi connectivity index (χ1n) is 10.5. The lowest BCUT2D eigenvalue weighted by atomic mass is 9.93. The van der Waals surface area contributed by atoms with Gasteiger partial charge in [0.05, 0.1) is 41.6 Å². The van der Waals surface area contributed by atoms with E-state index in [2.05, 4.69) is 27.5 Å². The molecule has 7 nitrogen and oxygen atoms in total. The van der Waals surface area contributed by atoms with E-state index in [9.17, 15) is 0 Å². The summed E-state index contributed by atoms with van der Waals surface area (Å²) in [5, 5.41) is 8.30. The molecule has 1 unspecified atom stereocenters. The third-order valence-corrected chi connectivity index (χ3v) is 6.38. The molecule has 3 aromatic rings. The Labute approximate surface area is 197 Å². The molecule has 1 atom stereocenters. The van der Waals surface area contributed by atoms with Crippen molar-refractivity contribution in [1.29, 1.82) is 0 Å². The minimum absolute atomic E-state index is 0.0724. The van der Waals surface area contributed by atoms with Crippen molar-refractivity contribution in [2.45, 2.75) is 25.9 Å². The fraction of sp³-hybridized carbons (Fsp3) is 0.391. The minimum atomic E-state index is 0.0724. The molecule has 0 amide bonds. The van der Waals surface area contributed by atoms with Crippen LogP contribution in [0.1, 0.15) is 19.8 Å². The van der Waals surface area contributed by atoms with E-state index in [-0.39, 0.29) is 6.10 Å². The number of piperidine rings is 1. The summed E-state index contributed by atoms with van der Waals surface area (Å²) >= 11 is 12.5. The van der Waals surface area contributed by atoms with Crippen LogP contribution in [0, 0.1) is 5.92 Å². The van der Waals surface area contributed by atoms with Crippen molar-refractivity contribution in [2.24, 2.45) is 5.92 Å². The van der Waals surface area contributed by atoms with Crippen LogP contribution in [0.25, 0.3) is 10.9 Å². The first kappa shape index (κ1) is 22.7. The Balaban J connectivity index is 1.66. The Bertz CT molecular complexity index is 1110. The summed E-state index contributed by atoms with van der Waals surface area (Å²) in [6.45, 7) is 4.16. The van der Waals surface area contributed by atoms with Gasteiger partial charge in [0.15, 0.2) is 11.5 Å². The molecule has 0 bridgehead atoms. The van der Waals surface area contributed by atoms with Gasteiger partial charge in [-0.15, -0.1) is 0 Å². The van der Waals surface area contributed by atoms with E-state index in [1.807, 2.05) is 12.1 Å². The highest BCUT2D eigenvalue weighted by Gasteiger charge is 2.23. The maximum absolute atomic E-state index is 6.38. The molecular weight excluding hydrogens is 451 g/mol. The lowest BCUT2D eigenvalue weighted by molar-refractivity contribution is 0.124. The average molecular weight is 477 g/mol. The lowest BCUT2D eigenvalue weighted by Gasteiger charge is -2.29. The van der Waals surface area contributed by atoms with E-state index >= 15 is 0 Å². The van der Waals surface area contributed by atoms with Gasteiger partial charge in [0, 0.05) is 17.5 Å². The molecule has 9 heteroatoms. The number of aromatic nitrogens is 2. The van der Waals surface area contributed by atoms with Gasteiger partial charge < -0.3 is 24.8 Å². The fourth-order valence-electron chi connectivity index (χ4n) is 3.93. The first-order chi connectivity index (χ1) is 15.5. The number of ether oxygens (including phenoxy) is 3. The van der Waals surface area contributed by atoms with Gasteiger partial charge in [-0.3, -0.25) is 0 Å². The molecule has 1 saturated heterocycles. The standard InChI is InChI=1S/C23H26Cl2N4O3/c1-13(14-4-6-26-7-5-14)32-22-10-18-15(8-21(22)31-3)23(28-12-27-18)29-19-11-20(30-2)17(25)9-16(19)24/h8-14,26H,4-7H2,1-3H3,(H,27,28,29). The summed E-state index contributed by atoms with van der Waals surface area (Å²) in [6.07, 6.45) is 3.76. The number of benzene rings is 2. The van der Waals surface area contributed by atoms with Gasteiger partial charge in [0.1, 0.15) is 17.9 Å². The molecule has 2 N–H and O–H groups in total. The molecule has 2 aromatic carbocycles. The number of halogens is 2. The Morgan fingerprint density at radius 2 is 1.72 bits per heavy atom. The number of nitrogens with zero attached hydrogens (tertiary/aromatic N) is 2. The highest BCUT2D eigenvalue weighted by atomic mass is 35.5. The second kappa shape index (κ2) is 9.98. The van der Waals surface area contributed by atoms with E-state index in [0.29, 0.717) is 44.7 Å². The smallest absolute Gasteiger partial charge is 0.163 e. The van der Waals surface area contributed by atoms with E-state index in [0.717, 1.165) is 36.8 Å². The highest BCUT2D eigenvalue weighted by Crippen LogP contribution is 2.39. The SMILES string of the molecule is COc1cc(Nc2ncnc3cc(OC(C)C4CCNCC4)c(OC)cc23)c(Cl)cc1Cl. The zero-order valence-electron chi connectivity index (χ0n) is 18.2. The molecule has 1 aliphatic rings. The molecule has 1 fully saturated rings. The predicted octanol–water partition coefficient (Wildman–Crippen LogP) is 5.46. The van der Waals surface area contributed by atoms with Crippen LogP contribution in [0.3, 0.4) is 0 Å². The van der Waals surface area contributed by atoms with E-state index in [4.69, 9.17) is 37.4 Å². The molecule has 0 saturated carbocycles. The van der Waals surface area contributed by atoms with Gasteiger partial charge in [0.2, 0.25) is 0 Å². The van der Waals surface area contributed by atoms with Crippen LogP contribution in [-0.2, 0) is 0 Å². The quantitative estimate of drug-likeness (QED) is 0.468. The predicted molar refractivity (Wildman–Crippen MR) is 128 cm³/mol. The van der Waals surface area contributed by atoms with Crippen LogP contribution in [0.4, 0.5) is 11.5 Å². The third kappa shape index (κ3) is 4.80. The summed E-state index contributed by atoms with van der Waals surface area (Å²) in [6, 6.07) is 7.13. The van der Waals surface area contributed by atoms with Crippen LogP contribution < -0.4 is 24.8 Å². The largest absolute Gasteiger partial charge is 0.495 e. The maximum Gasteiger partial charge on any atom is 0.163 e. The van der Waals surface area contributed by atoms with Gasteiger partial charge in [-0.1, -0.05) is 23.2 Å². The number of rotatable bonds is 7. The maximum atomic E-state index is 6.38. The topological polar surface area (TPSA) is 77.5 Å². The van der Waals surface area contributed by atoms with E-state index in [1.165, 1.54) is 6.33 Å². The molecule has 170 valence electrons. The Kier molecular flexibility index (Phi) is 7.08. The zero-order chi connectivity index (χ0) is 22.7. The summed E-state index contributed by atoms with van der Waals surface area (Å²) in [7, 11) is 3.18. The molecule has 0 aliphatic carbocycles. The molecule has 1 aliphatic heterocycles. The summed E-state index contributed by atoms with van der Waals surface area (Å²) in [5.41, 5.74) is 1.35. The molecule has 2 heterocycles. The van der Waals surface area contributed by atoms with Gasteiger partial charge >= 0.3 is 0 Å². The van der Waals surface area contributed by atoms with E-state index in [1.54, 1.807) is 26.4 Å². The van der Waals surface area contributed by atoms with Gasteiger partial charge in [-0.25, -0.2) is 9.97 Å². The average Bonchev–Trinajstić information content (AvgIpc) is 2.81. The molecule has 4 rings (SSSR count). The number of methoxy groups -OCH3 is 2. The van der Waals surface area contributed by atoms with Crippen molar-refractivity contribution in [2.75, 3.05) is 32.6 Å². The molecular formula is C23H26Cl2N4O3. The second-order valence-corrected chi connectivity index (χ2v) is 8.56. The Morgan fingerprint density at radius 1 is 0.969 bits per heavy atom. The zero-order valence-corrected chi connectivity index (χ0v) is 19.8.